The molecule has 2 rings (SSSR count). The maximum absolute atomic E-state index is 8.84. The predicted molar refractivity (Wildman–Crippen MR) is 72.9 cm³/mol. The van der Waals surface area contributed by atoms with Gasteiger partial charge in [0.2, 0.25) is 0 Å². The fourth-order valence-electron chi connectivity index (χ4n) is 3.35. The second-order valence-corrected chi connectivity index (χ2v) is 5.48. The SMILES string of the molecule is CCC(C(N)=NO)N1CCC(N2CCCCC2)C1. The quantitative estimate of drug-likeness (QED) is 0.341. The molecule has 2 aliphatic heterocycles. The van der Waals surface area contributed by atoms with Gasteiger partial charge in [-0.1, -0.05) is 18.5 Å². The van der Waals surface area contributed by atoms with Gasteiger partial charge in [0.1, 0.15) is 0 Å². The molecule has 2 saturated heterocycles. The molecule has 18 heavy (non-hydrogen) atoms. The Hall–Kier alpha value is -0.810. The van der Waals surface area contributed by atoms with E-state index in [0.717, 1.165) is 19.5 Å². The Bertz CT molecular complexity index is 289. The highest BCUT2D eigenvalue weighted by Gasteiger charge is 2.32. The molecule has 0 bridgehead atoms. The molecule has 2 aliphatic rings. The van der Waals surface area contributed by atoms with Crippen LogP contribution in [0.3, 0.4) is 0 Å². The molecule has 2 atom stereocenters. The van der Waals surface area contributed by atoms with Gasteiger partial charge in [-0.3, -0.25) is 9.80 Å². The highest BCUT2D eigenvalue weighted by molar-refractivity contribution is 5.85. The van der Waals surface area contributed by atoms with Crippen molar-refractivity contribution < 1.29 is 5.21 Å². The Balaban J connectivity index is 1.90. The minimum Gasteiger partial charge on any atom is -0.409 e. The van der Waals surface area contributed by atoms with Crippen LogP contribution in [-0.4, -0.2) is 59.1 Å². The van der Waals surface area contributed by atoms with Crippen LogP contribution in [0.4, 0.5) is 0 Å². The number of amidine groups is 1. The Morgan fingerprint density at radius 2 is 2.06 bits per heavy atom. The zero-order chi connectivity index (χ0) is 13.0. The first kappa shape index (κ1) is 13.6. The minimum atomic E-state index is 0.102. The van der Waals surface area contributed by atoms with E-state index in [9.17, 15) is 0 Å². The number of nitrogens with zero attached hydrogens (tertiary/aromatic N) is 3. The molecule has 3 N–H and O–H groups in total. The predicted octanol–water partition coefficient (Wildman–Crippen LogP) is 1.07. The largest absolute Gasteiger partial charge is 0.409 e. The highest BCUT2D eigenvalue weighted by atomic mass is 16.4. The molecule has 0 aliphatic carbocycles. The third-order valence-corrected chi connectivity index (χ3v) is 4.39. The zero-order valence-corrected chi connectivity index (χ0v) is 11.4. The lowest BCUT2D eigenvalue weighted by molar-refractivity contribution is 0.158. The summed E-state index contributed by atoms with van der Waals surface area (Å²) in [5.74, 6) is 0.358. The van der Waals surface area contributed by atoms with Crippen molar-refractivity contribution in [2.24, 2.45) is 10.9 Å². The van der Waals surface area contributed by atoms with Crippen LogP contribution in [0.25, 0.3) is 0 Å². The van der Waals surface area contributed by atoms with Gasteiger partial charge in [-0.15, -0.1) is 0 Å². The monoisotopic (exact) mass is 254 g/mol. The van der Waals surface area contributed by atoms with Crippen molar-refractivity contribution in [1.82, 2.24) is 9.80 Å². The van der Waals surface area contributed by atoms with E-state index in [1.807, 2.05) is 0 Å². The molecule has 104 valence electrons. The van der Waals surface area contributed by atoms with Gasteiger partial charge in [0.05, 0.1) is 6.04 Å². The molecule has 0 spiro atoms. The van der Waals surface area contributed by atoms with Crippen molar-refractivity contribution in [3.63, 3.8) is 0 Å². The second kappa shape index (κ2) is 6.38. The number of oxime groups is 1. The first-order chi connectivity index (χ1) is 8.76. The van der Waals surface area contributed by atoms with Gasteiger partial charge < -0.3 is 10.9 Å². The van der Waals surface area contributed by atoms with Gasteiger partial charge in [0.25, 0.3) is 0 Å². The van der Waals surface area contributed by atoms with E-state index < -0.39 is 0 Å². The van der Waals surface area contributed by atoms with Crippen LogP contribution in [0.5, 0.6) is 0 Å². The Kier molecular flexibility index (Phi) is 4.83. The van der Waals surface area contributed by atoms with Crippen LogP contribution in [0.2, 0.25) is 0 Å². The van der Waals surface area contributed by atoms with Crippen LogP contribution in [-0.2, 0) is 0 Å². The van der Waals surface area contributed by atoms with Crippen LogP contribution >= 0.6 is 0 Å². The summed E-state index contributed by atoms with van der Waals surface area (Å²) in [5, 5.41) is 12.0. The normalized spacial score (nSPS) is 29.6. The number of nitrogens with two attached hydrogens (primary N) is 1. The van der Waals surface area contributed by atoms with Crippen LogP contribution < -0.4 is 5.73 Å². The molecule has 0 saturated carbocycles. The summed E-state index contributed by atoms with van der Waals surface area (Å²) in [5.41, 5.74) is 5.78. The van der Waals surface area contributed by atoms with Crippen molar-refractivity contribution >= 4 is 5.84 Å². The summed E-state index contributed by atoms with van der Waals surface area (Å²) in [6, 6.07) is 0.774. The molecule has 0 amide bonds. The summed E-state index contributed by atoms with van der Waals surface area (Å²) >= 11 is 0. The minimum absolute atomic E-state index is 0.102. The number of likely N-dealkylation sites (tertiary alicyclic amines) is 2. The Morgan fingerprint density at radius 1 is 1.33 bits per heavy atom. The second-order valence-electron chi connectivity index (χ2n) is 5.48. The standard InChI is InChI=1S/C13H26N4O/c1-2-12(13(14)15-18)17-9-6-11(10-17)16-7-4-3-5-8-16/h11-12,18H,2-10H2,1H3,(H2,14,15). The first-order valence-electron chi connectivity index (χ1n) is 7.21. The zero-order valence-electron chi connectivity index (χ0n) is 11.4. The van der Waals surface area contributed by atoms with E-state index >= 15 is 0 Å². The number of piperidine rings is 1. The van der Waals surface area contributed by atoms with Crippen molar-refractivity contribution in [3.05, 3.63) is 0 Å². The van der Waals surface area contributed by atoms with Crippen molar-refractivity contribution in [2.45, 2.75) is 51.1 Å². The fraction of sp³-hybridized carbons (Fsp3) is 0.923. The van der Waals surface area contributed by atoms with E-state index in [-0.39, 0.29) is 6.04 Å². The van der Waals surface area contributed by atoms with Crippen molar-refractivity contribution in [2.75, 3.05) is 26.2 Å². The van der Waals surface area contributed by atoms with Crippen molar-refractivity contribution in [1.29, 1.82) is 0 Å². The topological polar surface area (TPSA) is 65.1 Å². The van der Waals surface area contributed by atoms with Gasteiger partial charge >= 0.3 is 0 Å². The summed E-state index contributed by atoms with van der Waals surface area (Å²) in [6.07, 6.45) is 6.19. The molecule has 0 radical (unpaired) electrons. The smallest absolute Gasteiger partial charge is 0.156 e. The fourth-order valence-corrected chi connectivity index (χ4v) is 3.35. The molecule has 5 heteroatoms. The van der Waals surface area contributed by atoms with E-state index in [1.165, 1.54) is 38.8 Å². The van der Waals surface area contributed by atoms with Crippen LogP contribution in [0, 0.1) is 0 Å². The van der Waals surface area contributed by atoms with Gasteiger partial charge in [-0.05, 0) is 38.8 Å². The summed E-state index contributed by atoms with van der Waals surface area (Å²) in [4.78, 5) is 5.00. The highest BCUT2D eigenvalue weighted by Crippen LogP contribution is 2.22. The third-order valence-electron chi connectivity index (χ3n) is 4.39. The molecule has 0 aromatic carbocycles. The van der Waals surface area contributed by atoms with E-state index in [1.54, 1.807) is 0 Å². The molecular formula is C13H26N4O. The maximum Gasteiger partial charge on any atom is 0.156 e. The summed E-state index contributed by atoms with van der Waals surface area (Å²) in [6.45, 7) is 6.72. The van der Waals surface area contributed by atoms with Crippen LogP contribution in [0.1, 0.15) is 39.0 Å². The summed E-state index contributed by atoms with van der Waals surface area (Å²) < 4.78 is 0. The molecule has 2 heterocycles. The number of hydrogen-bond acceptors (Lipinski definition) is 4. The maximum atomic E-state index is 8.84. The molecule has 2 fully saturated rings. The average molecular weight is 254 g/mol. The lowest BCUT2D eigenvalue weighted by atomic mass is 10.1. The first-order valence-corrected chi connectivity index (χ1v) is 7.21. The average Bonchev–Trinajstić information content (AvgIpc) is 2.90. The van der Waals surface area contributed by atoms with E-state index in [0.29, 0.717) is 11.9 Å². The Morgan fingerprint density at radius 3 is 2.67 bits per heavy atom. The lowest BCUT2D eigenvalue weighted by Crippen LogP contribution is -2.46. The van der Waals surface area contributed by atoms with Gasteiger partial charge in [-0.2, -0.15) is 0 Å². The molecule has 0 aromatic rings. The third kappa shape index (κ3) is 2.95. The van der Waals surface area contributed by atoms with Gasteiger partial charge in [-0.25, -0.2) is 0 Å². The molecular weight excluding hydrogens is 228 g/mol. The molecule has 0 aromatic heterocycles. The summed E-state index contributed by atoms with van der Waals surface area (Å²) in [7, 11) is 0. The van der Waals surface area contributed by atoms with E-state index in [2.05, 4.69) is 21.9 Å². The van der Waals surface area contributed by atoms with Gasteiger partial charge in [0.15, 0.2) is 5.84 Å². The van der Waals surface area contributed by atoms with Gasteiger partial charge in [0, 0.05) is 19.1 Å². The van der Waals surface area contributed by atoms with E-state index in [4.69, 9.17) is 10.9 Å². The Labute approximate surface area is 110 Å². The lowest BCUT2D eigenvalue weighted by Gasteiger charge is -2.33. The number of rotatable bonds is 4. The number of hydrogen-bond donors (Lipinski definition) is 2. The molecule has 5 nitrogen and oxygen atoms in total. The van der Waals surface area contributed by atoms with Crippen molar-refractivity contribution in [3.8, 4) is 0 Å². The molecule has 2 unspecified atom stereocenters. The van der Waals surface area contributed by atoms with Crippen LogP contribution in [0.15, 0.2) is 5.16 Å².